The SMILES string of the molecule is COc1ccccc1Cn1c(C(=O)N[C@H](C)c2ccccc2)cc2scc(Br)c21. The quantitative estimate of drug-likeness (QED) is 0.376. The predicted octanol–water partition coefficient (Wildman–Crippen LogP) is 6.01. The largest absolute Gasteiger partial charge is 0.496 e. The molecule has 0 unspecified atom stereocenters. The van der Waals surface area contributed by atoms with Crippen molar-refractivity contribution in [2.75, 3.05) is 7.11 Å². The highest BCUT2D eigenvalue weighted by Gasteiger charge is 2.21. The lowest BCUT2D eigenvalue weighted by Crippen LogP contribution is -2.28. The number of carbonyl (C=O) groups is 1. The number of methoxy groups -OCH3 is 1. The van der Waals surface area contributed by atoms with E-state index < -0.39 is 0 Å². The van der Waals surface area contributed by atoms with Gasteiger partial charge >= 0.3 is 0 Å². The van der Waals surface area contributed by atoms with Crippen molar-refractivity contribution in [3.05, 3.63) is 87.3 Å². The Hall–Kier alpha value is -2.57. The second-order valence-corrected chi connectivity index (χ2v) is 8.60. The number of nitrogens with zero attached hydrogens (tertiary/aromatic N) is 1. The van der Waals surface area contributed by atoms with Gasteiger partial charge in [0.25, 0.3) is 5.91 Å². The van der Waals surface area contributed by atoms with Gasteiger partial charge in [-0.3, -0.25) is 4.79 Å². The molecule has 2 aromatic carbocycles. The molecule has 0 spiro atoms. The fraction of sp³-hybridized carbons (Fsp3) is 0.174. The van der Waals surface area contributed by atoms with Gasteiger partial charge in [-0.05, 0) is 40.5 Å². The average Bonchev–Trinajstić information content (AvgIpc) is 3.29. The van der Waals surface area contributed by atoms with Crippen LogP contribution in [0.1, 0.15) is 34.6 Å². The molecule has 0 aliphatic carbocycles. The van der Waals surface area contributed by atoms with Crippen molar-refractivity contribution in [2.45, 2.75) is 19.5 Å². The molecule has 0 saturated carbocycles. The van der Waals surface area contributed by atoms with Gasteiger partial charge in [-0.15, -0.1) is 11.3 Å². The molecule has 148 valence electrons. The van der Waals surface area contributed by atoms with Crippen LogP contribution >= 0.6 is 27.3 Å². The third-order valence-corrected chi connectivity index (χ3v) is 6.80. The van der Waals surface area contributed by atoms with E-state index in [1.54, 1.807) is 18.4 Å². The molecule has 2 aromatic heterocycles. The van der Waals surface area contributed by atoms with Crippen molar-refractivity contribution in [2.24, 2.45) is 0 Å². The summed E-state index contributed by atoms with van der Waals surface area (Å²) in [6.45, 7) is 2.55. The lowest BCUT2D eigenvalue weighted by atomic mass is 10.1. The van der Waals surface area contributed by atoms with Crippen molar-refractivity contribution in [3.8, 4) is 5.75 Å². The Morgan fingerprint density at radius 1 is 1.17 bits per heavy atom. The number of nitrogens with one attached hydrogen (secondary N) is 1. The number of rotatable bonds is 6. The van der Waals surface area contributed by atoms with Gasteiger partial charge < -0.3 is 14.6 Å². The zero-order valence-electron chi connectivity index (χ0n) is 16.2. The van der Waals surface area contributed by atoms with Gasteiger partial charge in [0.1, 0.15) is 11.4 Å². The number of para-hydroxylation sites is 1. The zero-order chi connectivity index (χ0) is 20.4. The minimum absolute atomic E-state index is 0.0835. The molecule has 0 bridgehead atoms. The molecule has 0 aliphatic rings. The van der Waals surface area contributed by atoms with Crippen molar-refractivity contribution < 1.29 is 9.53 Å². The highest BCUT2D eigenvalue weighted by molar-refractivity contribution is 9.10. The smallest absolute Gasteiger partial charge is 0.268 e. The zero-order valence-corrected chi connectivity index (χ0v) is 18.6. The second kappa shape index (κ2) is 8.43. The molecule has 1 N–H and O–H groups in total. The maximum atomic E-state index is 13.2. The van der Waals surface area contributed by atoms with Gasteiger partial charge in [-0.2, -0.15) is 0 Å². The maximum absolute atomic E-state index is 13.2. The number of benzene rings is 2. The highest BCUT2D eigenvalue weighted by atomic mass is 79.9. The van der Waals surface area contributed by atoms with Crippen LogP contribution in [0, 0.1) is 0 Å². The summed E-state index contributed by atoms with van der Waals surface area (Å²) in [6, 6.07) is 19.8. The number of hydrogen-bond donors (Lipinski definition) is 1. The van der Waals surface area contributed by atoms with Gasteiger partial charge in [0, 0.05) is 10.9 Å². The Kier molecular flexibility index (Phi) is 5.74. The van der Waals surface area contributed by atoms with Crippen LogP contribution in [0.5, 0.6) is 5.75 Å². The van der Waals surface area contributed by atoms with E-state index in [9.17, 15) is 4.79 Å². The molecule has 0 radical (unpaired) electrons. The van der Waals surface area contributed by atoms with E-state index in [1.165, 1.54) is 0 Å². The molecule has 1 atom stereocenters. The lowest BCUT2D eigenvalue weighted by molar-refractivity contribution is 0.0931. The number of hydrogen-bond acceptors (Lipinski definition) is 3. The van der Waals surface area contributed by atoms with Crippen LogP contribution < -0.4 is 10.1 Å². The first-order valence-corrected chi connectivity index (χ1v) is 11.0. The molecule has 6 heteroatoms. The Bertz CT molecular complexity index is 1150. The first-order valence-electron chi connectivity index (χ1n) is 9.32. The monoisotopic (exact) mass is 468 g/mol. The summed E-state index contributed by atoms with van der Waals surface area (Å²) in [4.78, 5) is 13.2. The summed E-state index contributed by atoms with van der Waals surface area (Å²) >= 11 is 5.27. The highest BCUT2D eigenvalue weighted by Crippen LogP contribution is 2.34. The van der Waals surface area contributed by atoms with E-state index in [0.717, 1.165) is 31.6 Å². The number of halogens is 1. The van der Waals surface area contributed by atoms with Gasteiger partial charge in [-0.1, -0.05) is 48.5 Å². The molecule has 29 heavy (non-hydrogen) atoms. The minimum atomic E-state index is -0.0912. The van der Waals surface area contributed by atoms with Crippen LogP contribution in [0.2, 0.25) is 0 Å². The Morgan fingerprint density at radius 3 is 2.66 bits per heavy atom. The van der Waals surface area contributed by atoms with Crippen molar-refractivity contribution in [3.63, 3.8) is 0 Å². The fourth-order valence-corrected chi connectivity index (χ4v) is 5.18. The third-order valence-electron chi connectivity index (χ3n) is 4.98. The number of amides is 1. The summed E-state index contributed by atoms with van der Waals surface area (Å²) in [5.74, 6) is 0.719. The van der Waals surface area contributed by atoms with Gasteiger partial charge in [0.05, 0.1) is 34.4 Å². The number of carbonyl (C=O) groups excluding carboxylic acids is 1. The molecule has 4 nitrogen and oxygen atoms in total. The van der Waals surface area contributed by atoms with Crippen LogP contribution in [-0.4, -0.2) is 17.6 Å². The minimum Gasteiger partial charge on any atom is -0.496 e. The summed E-state index contributed by atoms with van der Waals surface area (Å²) in [6.07, 6.45) is 0. The van der Waals surface area contributed by atoms with Crippen LogP contribution in [-0.2, 0) is 6.54 Å². The summed E-state index contributed by atoms with van der Waals surface area (Å²) in [5.41, 5.74) is 3.77. The molecule has 1 amide bonds. The number of fused-ring (bicyclic) bond motifs is 1. The Morgan fingerprint density at radius 2 is 1.90 bits per heavy atom. The first kappa shape index (κ1) is 19.7. The van der Waals surface area contributed by atoms with Crippen LogP contribution in [0.15, 0.2) is 70.5 Å². The summed E-state index contributed by atoms with van der Waals surface area (Å²) in [7, 11) is 1.67. The summed E-state index contributed by atoms with van der Waals surface area (Å²) < 4.78 is 9.64. The molecular formula is C23H21BrN2O2S. The molecule has 2 heterocycles. The van der Waals surface area contributed by atoms with E-state index in [-0.39, 0.29) is 11.9 Å². The Balaban J connectivity index is 1.71. The van der Waals surface area contributed by atoms with E-state index in [4.69, 9.17) is 4.74 Å². The number of aromatic nitrogens is 1. The van der Waals surface area contributed by atoms with E-state index in [0.29, 0.717) is 12.2 Å². The van der Waals surface area contributed by atoms with E-state index in [1.807, 2.05) is 67.6 Å². The molecule has 0 saturated heterocycles. The molecule has 0 aliphatic heterocycles. The van der Waals surface area contributed by atoms with Gasteiger partial charge in [0.15, 0.2) is 0 Å². The number of ether oxygens (including phenoxy) is 1. The Labute approximate surface area is 182 Å². The third kappa shape index (κ3) is 3.95. The summed E-state index contributed by atoms with van der Waals surface area (Å²) in [5, 5.41) is 5.19. The van der Waals surface area contributed by atoms with Crippen molar-refractivity contribution in [1.29, 1.82) is 0 Å². The topological polar surface area (TPSA) is 43.3 Å². The predicted molar refractivity (Wildman–Crippen MR) is 122 cm³/mol. The van der Waals surface area contributed by atoms with E-state index in [2.05, 4.69) is 31.2 Å². The molecule has 4 rings (SSSR count). The second-order valence-electron chi connectivity index (χ2n) is 6.83. The molecule has 0 fully saturated rings. The maximum Gasteiger partial charge on any atom is 0.268 e. The molecular weight excluding hydrogens is 448 g/mol. The molecule has 4 aromatic rings. The standard InChI is InChI=1S/C23H21BrN2O2S/c1-15(16-8-4-3-5-9-16)25-23(27)19-12-21-22(18(24)14-29-21)26(19)13-17-10-6-7-11-20(17)28-2/h3-12,14-15H,13H2,1-2H3,(H,25,27)/t15-/m1/s1. The van der Waals surface area contributed by atoms with Crippen LogP contribution in [0.3, 0.4) is 0 Å². The lowest BCUT2D eigenvalue weighted by Gasteiger charge is -2.17. The van der Waals surface area contributed by atoms with Gasteiger partial charge in [0.2, 0.25) is 0 Å². The van der Waals surface area contributed by atoms with Crippen molar-refractivity contribution in [1.82, 2.24) is 9.88 Å². The first-order chi connectivity index (χ1) is 14.1. The normalized spacial score (nSPS) is 12.1. The van der Waals surface area contributed by atoms with E-state index >= 15 is 0 Å². The number of thiophene rings is 1. The fourth-order valence-electron chi connectivity index (χ4n) is 3.48. The average molecular weight is 469 g/mol. The van der Waals surface area contributed by atoms with Gasteiger partial charge in [-0.25, -0.2) is 0 Å². The van der Waals surface area contributed by atoms with Crippen molar-refractivity contribution >= 4 is 43.4 Å². The van der Waals surface area contributed by atoms with Crippen LogP contribution in [0.25, 0.3) is 10.2 Å². The van der Waals surface area contributed by atoms with Crippen LogP contribution in [0.4, 0.5) is 0 Å².